The molecule has 2 aliphatic rings. The lowest BCUT2D eigenvalue weighted by Crippen LogP contribution is -2.30. The zero-order valence-electron chi connectivity index (χ0n) is 22.9. The average molecular weight is 644 g/mol. The SMILES string of the molecule is N#C/C(=C\c1ccc(Sc2nc3ccc(N4C(=O)[C@@H]5CCCC[C@H]5C4=O)cc3s2)c([N+](=O)[O-])c1)C(=O)Nc1cccc(Cl)c1. The summed E-state index contributed by atoms with van der Waals surface area (Å²) in [7, 11) is 0. The van der Waals surface area contributed by atoms with E-state index in [1.807, 2.05) is 6.07 Å². The van der Waals surface area contributed by atoms with Crippen molar-refractivity contribution in [2.24, 2.45) is 11.8 Å². The quantitative estimate of drug-likeness (QED) is 0.0729. The Morgan fingerprint density at radius 2 is 1.86 bits per heavy atom. The molecule has 3 amide bonds. The molecule has 0 spiro atoms. The Morgan fingerprint density at radius 1 is 1.11 bits per heavy atom. The van der Waals surface area contributed by atoms with Crippen LogP contribution >= 0.6 is 34.7 Å². The minimum Gasteiger partial charge on any atom is -0.321 e. The van der Waals surface area contributed by atoms with Gasteiger partial charge in [0.15, 0.2) is 4.34 Å². The van der Waals surface area contributed by atoms with Crippen molar-refractivity contribution in [3.8, 4) is 6.07 Å². The maximum Gasteiger partial charge on any atom is 0.283 e. The van der Waals surface area contributed by atoms with Crippen LogP contribution in [0, 0.1) is 33.3 Å². The zero-order valence-corrected chi connectivity index (χ0v) is 25.2. The number of nitro groups is 1. The van der Waals surface area contributed by atoms with Crippen LogP contribution in [0.25, 0.3) is 16.3 Å². The van der Waals surface area contributed by atoms with Gasteiger partial charge >= 0.3 is 0 Å². The Balaban J connectivity index is 1.23. The lowest BCUT2D eigenvalue weighted by Gasteiger charge is -2.19. The number of anilines is 2. The standard InChI is InChI=1S/C31H22ClN5O5S2/c32-19-4-3-5-20(14-19)34-28(38)18(16-33)12-17-8-11-26(25(13-17)37(41)42)43-31-35-24-10-9-21(15-27(24)44-31)36-29(39)22-6-1-2-7-23(22)30(36)40/h3-5,8-15,22-23H,1-2,6-7H2,(H,34,38)/b18-12+/t22-,23-/m1/s1. The second-order valence-electron chi connectivity index (χ2n) is 10.4. The molecule has 6 rings (SSSR count). The molecule has 2 fully saturated rings. The number of halogens is 1. The van der Waals surface area contributed by atoms with E-state index in [-0.39, 0.29) is 34.9 Å². The van der Waals surface area contributed by atoms with Gasteiger partial charge < -0.3 is 5.32 Å². The first kappa shape index (κ1) is 29.5. The van der Waals surface area contributed by atoms with Gasteiger partial charge in [-0.3, -0.25) is 29.4 Å². The van der Waals surface area contributed by atoms with Gasteiger partial charge in [0.2, 0.25) is 11.8 Å². The molecule has 1 aliphatic carbocycles. The highest BCUT2D eigenvalue weighted by Crippen LogP contribution is 2.43. The van der Waals surface area contributed by atoms with Crippen molar-refractivity contribution in [1.82, 2.24) is 4.98 Å². The van der Waals surface area contributed by atoms with E-state index in [1.165, 1.54) is 34.4 Å². The van der Waals surface area contributed by atoms with Gasteiger partial charge in [-0.05, 0) is 66.9 Å². The number of benzene rings is 3. The van der Waals surface area contributed by atoms with Crippen LogP contribution < -0.4 is 10.2 Å². The van der Waals surface area contributed by atoms with E-state index < -0.39 is 10.8 Å². The Morgan fingerprint density at radius 3 is 2.55 bits per heavy atom. The van der Waals surface area contributed by atoms with Gasteiger partial charge in [-0.2, -0.15) is 5.26 Å². The van der Waals surface area contributed by atoms with Gasteiger partial charge in [-0.1, -0.05) is 48.3 Å². The van der Waals surface area contributed by atoms with Crippen molar-refractivity contribution in [2.75, 3.05) is 10.2 Å². The number of carbonyl (C=O) groups is 3. The van der Waals surface area contributed by atoms with Crippen LogP contribution in [0.2, 0.25) is 5.02 Å². The fourth-order valence-electron chi connectivity index (χ4n) is 5.52. The van der Waals surface area contributed by atoms with E-state index >= 15 is 0 Å². The summed E-state index contributed by atoms with van der Waals surface area (Å²) in [4.78, 5) is 56.4. The zero-order chi connectivity index (χ0) is 31.0. The number of thiazole rings is 1. The molecule has 1 aromatic heterocycles. The molecule has 1 saturated heterocycles. The van der Waals surface area contributed by atoms with Crippen molar-refractivity contribution < 1.29 is 19.3 Å². The van der Waals surface area contributed by atoms with E-state index in [4.69, 9.17) is 11.6 Å². The molecule has 1 aliphatic heterocycles. The first-order chi connectivity index (χ1) is 21.2. The molecular formula is C31H22ClN5O5S2. The fraction of sp³-hybridized carbons (Fsp3) is 0.194. The first-order valence-corrected chi connectivity index (χ1v) is 15.7. The first-order valence-electron chi connectivity index (χ1n) is 13.7. The van der Waals surface area contributed by atoms with E-state index in [0.717, 1.165) is 42.1 Å². The molecule has 2 heterocycles. The molecular weight excluding hydrogens is 622 g/mol. The number of amides is 3. The topological polar surface area (TPSA) is 146 Å². The van der Waals surface area contributed by atoms with E-state index in [9.17, 15) is 29.8 Å². The Kier molecular flexibility index (Phi) is 8.18. The largest absolute Gasteiger partial charge is 0.321 e. The molecule has 4 aromatic rings. The molecule has 220 valence electrons. The maximum atomic E-state index is 13.1. The Bertz CT molecular complexity index is 1910. The Hall–Kier alpha value is -4.57. The molecule has 44 heavy (non-hydrogen) atoms. The van der Waals surface area contributed by atoms with Crippen LogP contribution in [0.1, 0.15) is 31.2 Å². The lowest BCUT2D eigenvalue weighted by atomic mass is 9.81. The van der Waals surface area contributed by atoms with Crippen molar-refractivity contribution in [2.45, 2.75) is 34.9 Å². The number of nitrogens with one attached hydrogen (secondary N) is 1. The third-order valence-corrected chi connectivity index (χ3v) is 9.97. The highest BCUT2D eigenvalue weighted by Gasteiger charge is 2.48. The lowest BCUT2D eigenvalue weighted by molar-refractivity contribution is -0.387. The third-order valence-electron chi connectivity index (χ3n) is 7.59. The van der Waals surface area contributed by atoms with Crippen LogP contribution in [0.15, 0.2) is 75.5 Å². The summed E-state index contributed by atoms with van der Waals surface area (Å²) in [6.07, 6.45) is 4.64. The van der Waals surface area contributed by atoms with Crippen LogP contribution in [-0.4, -0.2) is 27.6 Å². The molecule has 10 nitrogen and oxygen atoms in total. The third kappa shape index (κ3) is 5.81. The predicted molar refractivity (Wildman–Crippen MR) is 168 cm³/mol. The number of imide groups is 1. The Labute approximate surface area is 264 Å². The van der Waals surface area contributed by atoms with Crippen molar-refractivity contribution in [1.29, 1.82) is 5.26 Å². The monoisotopic (exact) mass is 643 g/mol. The fourth-order valence-corrected chi connectivity index (χ4v) is 7.85. The minimum absolute atomic E-state index is 0.149. The number of nitro benzene ring substituents is 1. The van der Waals surface area contributed by atoms with Gasteiger partial charge in [0.25, 0.3) is 11.6 Å². The molecule has 1 saturated carbocycles. The highest BCUT2D eigenvalue weighted by atomic mass is 35.5. The smallest absolute Gasteiger partial charge is 0.283 e. The number of aromatic nitrogens is 1. The summed E-state index contributed by atoms with van der Waals surface area (Å²) >= 11 is 8.36. The number of carbonyl (C=O) groups excluding carboxylic acids is 3. The van der Waals surface area contributed by atoms with E-state index in [0.29, 0.717) is 36.7 Å². The van der Waals surface area contributed by atoms with Crippen molar-refractivity contribution in [3.63, 3.8) is 0 Å². The predicted octanol–water partition coefficient (Wildman–Crippen LogP) is 7.23. The highest BCUT2D eigenvalue weighted by molar-refractivity contribution is 8.01. The number of rotatable bonds is 7. The summed E-state index contributed by atoms with van der Waals surface area (Å²) < 4.78 is 1.28. The maximum absolute atomic E-state index is 13.1. The molecule has 0 radical (unpaired) electrons. The second-order valence-corrected chi connectivity index (χ2v) is 13.1. The average Bonchev–Trinajstić information content (AvgIpc) is 3.52. The van der Waals surface area contributed by atoms with E-state index in [2.05, 4.69) is 10.3 Å². The summed E-state index contributed by atoms with van der Waals surface area (Å²) in [6, 6.07) is 17.9. The second kappa shape index (κ2) is 12.2. The van der Waals surface area contributed by atoms with Crippen LogP contribution in [0.5, 0.6) is 0 Å². The summed E-state index contributed by atoms with van der Waals surface area (Å²) in [5.74, 6) is -1.48. The number of fused-ring (bicyclic) bond motifs is 2. The van der Waals surface area contributed by atoms with Gasteiger partial charge in [0, 0.05) is 16.8 Å². The summed E-state index contributed by atoms with van der Waals surface area (Å²) in [5, 5.41) is 24.6. The number of hydrogen-bond donors (Lipinski definition) is 1. The van der Waals surface area contributed by atoms with Crippen molar-refractivity contribution in [3.05, 3.63) is 86.9 Å². The number of hydrogen-bond acceptors (Lipinski definition) is 9. The summed E-state index contributed by atoms with van der Waals surface area (Å²) in [6.45, 7) is 0. The van der Waals surface area contributed by atoms with Gasteiger partial charge in [-0.25, -0.2) is 4.98 Å². The molecule has 3 aromatic carbocycles. The normalized spacial score (nSPS) is 18.3. The molecule has 13 heteroatoms. The van der Waals surface area contributed by atoms with Gasteiger partial charge in [-0.15, -0.1) is 11.3 Å². The molecule has 1 N–H and O–H groups in total. The number of nitriles is 1. The molecule has 0 unspecified atom stereocenters. The van der Waals surface area contributed by atoms with Crippen LogP contribution in [0.3, 0.4) is 0 Å². The van der Waals surface area contributed by atoms with Crippen molar-refractivity contribution >= 4 is 85.8 Å². The number of nitrogens with zero attached hydrogens (tertiary/aromatic N) is 4. The molecule has 2 atom stereocenters. The van der Waals surface area contributed by atoms with Gasteiger partial charge in [0.05, 0.1) is 37.6 Å². The van der Waals surface area contributed by atoms with Crippen LogP contribution in [-0.2, 0) is 14.4 Å². The molecule has 0 bridgehead atoms. The van der Waals surface area contributed by atoms with E-state index in [1.54, 1.807) is 48.5 Å². The van der Waals surface area contributed by atoms with Gasteiger partial charge in [0.1, 0.15) is 11.6 Å². The summed E-state index contributed by atoms with van der Waals surface area (Å²) in [5.41, 5.74) is 1.40. The van der Waals surface area contributed by atoms with Crippen LogP contribution in [0.4, 0.5) is 17.1 Å². The minimum atomic E-state index is -0.680.